The minimum atomic E-state index is -0.716. The molecule has 1 unspecified atom stereocenters. The highest BCUT2D eigenvalue weighted by molar-refractivity contribution is 14.0. The first kappa shape index (κ1) is 20.8. The standard InChI is InChI=1S/C14H21F2N3O2.HI/c1-10(9-20-3)19-14(17-2)18-6-7-21-13-5-4-11(15)8-12(13)16;/h4-5,8,10H,6-7,9H2,1-3H3,(H2,17,18,19);1H. The first-order valence-corrected chi connectivity index (χ1v) is 6.60. The molecule has 0 fully saturated rings. The lowest BCUT2D eigenvalue weighted by molar-refractivity contribution is 0.179. The second-order valence-corrected chi connectivity index (χ2v) is 4.42. The maximum atomic E-state index is 13.3. The van der Waals surface area contributed by atoms with Crippen molar-refractivity contribution in [3.05, 3.63) is 29.8 Å². The summed E-state index contributed by atoms with van der Waals surface area (Å²) in [7, 11) is 3.27. The van der Waals surface area contributed by atoms with E-state index in [1.807, 2.05) is 6.92 Å². The molecule has 0 aliphatic rings. The lowest BCUT2D eigenvalue weighted by atomic mass is 10.3. The van der Waals surface area contributed by atoms with Crippen LogP contribution in [0.1, 0.15) is 6.92 Å². The fourth-order valence-corrected chi connectivity index (χ4v) is 1.64. The number of hydrogen-bond acceptors (Lipinski definition) is 3. The Balaban J connectivity index is 0.00000441. The van der Waals surface area contributed by atoms with Crippen molar-refractivity contribution in [3.8, 4) is 5.75 Å². The molecular formula is C14H22F2IN3O2. The zero-order valence-corrected chi connectivity index (χ0v) is 15.2. The maximum Gasteiger partial charge on any atom is 0.191 e. The Bertz CT molecular complexity index is 475. The smallest absolute Gasteiger partial charge is 0.191 e. The average molecular weight is 429 g/mol. The van der Waals surface area contributed by atoms with Gasteiger partial charge >= 0.3 is 0 Å². The third-order valence-electron chi connectivity index (χ3n) is 2.57. The third-order valence-corrected chi connectivity index (χ3v) is 2.57. The van der Waals surface area contributed by atoms with E-state index < -0.39 is 11.6 Å². The van der Waals surface area contributed by atoms with Crippen molar-refractivity contribution >= 4 is 29.9 Å². The van der Waals surface area contributed by atoms with Gasteiger partial charge in [0.25, 0.3) is 0 Å². The molecule has 1 rings (SSSR count). The first-order chi connectivity index (χ1) is 10.1. The number of benzene rings is 1. The van der Waals surface area contributed by atoms with E-state index in [0.717, 1.165) is 12.1 Å². The molecule has 1 aromatic rings. The van der Waals surface area contributed by atoms with E-state index in [1.165, 1.54) is 6.07 Å². The van der Waals surface area contributed by atoms with Crippen LogP contribution < -0.4 is 15.4 Å². The number of nitrogens with zero attached hydrogens (tertiary/aromatic N) is 1. The van der Waals surface area contributed by atoms with Crippen molar-refractivity contribution in [2.75, 3.05) is 33.9 Å². The Hall–Kier alpha value is -1.16. The molecule has 0 saturated carbocycles. The van der Waals surface area contributed by atoms with Crippen molar-refractivity contribution in [2.45, 2.75) is 13.0 Å². The van der Waals surface area contributed by atoms with Gasteiger partial charge in [0.15, 0.2) is 17.5 Å². The van der Waals surface area contributed by atoms with Gasteiger partial charge in [-0.1, -0.05) is 0 Å². The number of rotatable bonds is 7. The molecule has 5 nitrogen and oxygen atoms in total. The average Bonchev–Trinajstić information content (AvgIpc) is 2.44. The van der Waals surface area contributed by atoms with Gasteiger partial charge in [-0.3, -0.25) is 4.99 Å². The van der Waals surface area contributed by atoms with Crippen LogP contribution in [0.3, 0.4) is 0 Å². The molecule has 0 radical (unpaired) electrons. The number of guanidine groups is 1. The molecule has 22 heavy (non-hydrogen) atoms. The van der Waals surface area contributed by atoms with Crippen molar-refractivity contribution in [3.63, 3.8) is 0 Å². The van der Waals surface area contributed by atoms with Crippen LogP contribution in [-0.2, 0) is 4.74 Å². The number of methoxy groups -OCH3 is 1. The van der Waals surface area contributed by atoms with Gasteiger partial charge in [0.2, 0.25) is 0 Å². The van der Waals surface area contributed by atoms with Gasteiger partial charge in [0.1, 0.15) is 12.4 Å². The second kappa shape index (κ2) is 11.4. The van der Waals surface area contributed by atoms with Crippen molar-refractivity contribution in [1.82, 2.24) is 10.6 Å². The minimum Gasteiger partial charge on any atom is -0.489 e. The second-order valence-electron chi connectivity index (χ2n) is 4.42. The summed E-state index contributed by atoms with van der Waals surface area (Å²) in [5.74, 6) is -0.724. The topological polar surface area (TPSA) is 54.9 Å². The molecule has 126 valence electrons. The molecule has 1 aromatic carbocycles. The summed E-state index contributed by atoms with van der Waals surface area (Å²) in [6.07, 6.45) is 0. The summed E-state index contributed by atoms with van der Waals surface area (Å²) >= 11 is 0. The summed E-state index contributed by atoms with van der Waals surface area (Å²) in [6.45, 7) is 3.16. The van der Waals surface area contributed by atoms with E-state index in [4.69, 9.17) is 9.47 Å². The molecule has 2 N–H and O–H groups in total. The van der Waals surface area contributed by atoms with Gasteiger partial charge in [-0.2, -0.15) is 0 Å². The molecule has 0 bridgehead atoms. The van der Waals surface area contributed by atoms with Gasteiger partial charge in [-0.05, 0) is 19.1 Å². The van der Waals surface area contributed by atoms with Crippen molar-refractivity contribution in [1.29, 1.82) is 0 Å². The molecular weight excluding hydrogens is 407 g/mol. The number of nitrogens with one attached hydrogen (secondary N) is 2. The van der Waals surface area contributed by atoms with Crippen LogP contribution in [0.5, 0.6) is 5.75 Å². The van der Waals surface area contributed by atoms with E-state index in [-0.39, 0.29) is 42.4 Å². The van der Waals surface area contributed by atoms with Crippen LogP contribution in [-0.4, -0.2) is 45.9 Å². The maximum absolute atomic E-state index is 13.3. The minimum absolute atomic E-state index is 0. The van der Waals surface area contributed by atoms with Crippen molar-refractivity contribution < 1.29 is 18.3 Å². The highest BCUT2D eigenvalue weighted by Gasteiger charge is 2.06. The van der Waals surface area contributed by atoms with Crippen LogP contribution in [0.15, 0.2) is 23.2 Å². The molecule has 0 aromatic heterocycles. The van der Waals surface area contributed by atoms with Gasteiger partial charge in [-0.15, -0.1) is 24.0 Å². The lowest BCUT2D eigenvalue weighted by Gasteiger charge is -2.17. The zero-order chi connectivity index (χ0) is 15.7. The highest BCUT2D eigenvalue weighted by atomic mass is 127. The Morgan fingerprint density at radius 3 is 2.68 bits per heavy atom. The fraction of sp³-hybridized carbons (Fsp3) is 0.500. The van der Waals surface area contributed by atoms with Crippen LogP contribution in [0.25, 0.3) is 0 Å². The Morgan fingerprint density at radius 1 is 1.36 bits per heavy atom. The van der Waals surface area contributed by atoms with Gasteiger partial charge in [0.05, 0.1) is 13.2 Å². The largest absolute Gasteiger partial charge is 0.489 e. The quantitative estimate of drug-likeness (QED) is 0.302. The van der Waals surface area contributed by atoms with Gasteiger partial charge in [-0.25, -0.2) is 8.78 Å². The van der Waals surface area contributed by atoms with Crippen LogP contribution >= 0.6 is 24.0 Å². The predicted octanol–water partition coefficient (Wildman–Crippen LogP) is 2.16. The van der Waals surface area contributed by atoms with E-state index in [0.29, 0.717) is 19.1 Å². The van der Waals surface area contributed by atoms with Crippen LogP contribution in [0.4, 0.5) is 8.78 Å². The molecule has 0 saturated heterocycles. The highest BCUT2D eigenvalue weighted by Crippen LogP contribution is 2.17. The summed E-state index contributed by atoms with van der Waals surface area (Å²) in [4.78, 5) is 4.04. The number of halogens is 3. The molecule has 0 heterocycles. The van der Waals surface area contributed by atoms with Crippen LogP contribution in [0.2, 0.25) is 0 Å². The Labute approximate surface area is 146 Å². The van der Waals surface area contributed by atoms with Crippen LogP contribution in [0, 0.1) is 11.6 Å². The molecule has 0 amide bonds. The summed E-state index contributed by atoms with van der Waals surface area (Å²) in [5, 5.41) is 6.14. The zero-order valence-electron chi connectivity index (χ0n) is 12.9. The summed E-state index contributed by atoms with van der Waals surface area (Å²) in [5.41, 5.74) is 0. The monoisotopic (exact) mass is 429 g/mol. The molecule has 8 heteroatoms. The molecule has 1 atom stereocenters. The summed E-state index contributed by atoms with van der Waals surface area (Å²) < 4.78 is 36.3. The Kier molecular flexibility index (Phi) is 10.8. The van der Waals surface area contributed by atoms with Gasteiger partial charge in [0, 0.05) is 26.3 Å². The summed E-state index contributed by atoms with van der Waals surface area (Å²) in [6, 6.07) is 3.31. The van der Waals surface area contributed by atoms with Gasteiger partial charge < -0.3 is 20.1 Å². The molecule has 0 aliphatic heterocycles. The first-order valence-electron chi connectivity index (χ1n) is 6.60. The third kappa shape index (κ3) is 7.74. The SMILES string of the molecule is CN=C(NCCOc1ccc(F)cc1F)NC(C)COC.I. The lowest BCUT2D eigenvalue weighted by Crippen LogP contribution is -2.45. The molecule has 0 spiro atoms. The number of hydrogen-bond donors (Lipinski definition) is 2. The number of aliphatic imine (C=N–C) groups is 1. The van der Waals surface area contributed by atoms with Crippen molar-refractivity contribution in [2.24, 2.45) is 4.99 Å². The van der Waals surface area contributed by atoms with E-state index in [2.05, 4.69) is 15.6 Å². The van der Waals surface area contributed by atoms with E-state index >= 15 is 0 Å². The predicted molar refractivity (Wildman–Crippen MR) is 93.1 cm³/mol. The number of ether oxygens (including phenoxy) is 2. The fourth-order valence-electron chi connectivity index (χ4n) is 1.64. The normalized spacial score (nSPS) is 12.3. The van der Waals surface area contributed by atoms with E-state index in [1.54, 1.807) is 14.2 Å². The Morgan fingerprint density at radius 2 is 2.09 bits per heavy atom. The molecule has 0 aliphatic carbocycles. The van der Waals surface area contributed by atoms with E-state index in [9.17, 15) is 8.78 Å².